The van der Waals surface area contributed by atoms with E-state index in [1.807, 2.05) is 20.8 Å². The smallest absolute Gasteiger partial charge is 0.387 e. The number of carboxylic acid groups (broad SMARTS) is 1. The predicted molar refractivity (Wildman–Crippen MR) is 56.6 cm³/mol. The van der Waals surface area contributed by atoms with Crippen LogP contribution in [0.3, 0.4) is 0 Å². The number of hydrogen-bond donors (Lipinski definition) is 1. The topological polar surface area (TPSA) is 46.5 Å². The van der Waals surface area contributed by atoms with Crippen LogP contribution in [0.4, 0.5) is 8.78 Å². The average molecular weight is 250 g/mol. The van der Waals surface area contributed by atoms with Crippen LogP contribution in [-0.4, -0.2) is 17.7 Å². The average Bonchev–Trinajstić information content (AvgIpc) is 2.45. The maximum atomic E-state index is 12.1. The van der Waals surface area contributed by atoms with Crippen LogP contribution in [0.2, 0.25) is 0 Å². The second-order valence-corrected chi connectivity index (χ2v) is 5.29. The lowest BCUT2D eigenvalue weighted by molar-refractivity contribution is -0.0500. The first-order valence-corrected chi connectivity index (χ1v) is 5.36. The molecule has 1 heterocycles. The maximum Gasteiger partial charge on any atom is 0.387 e. The van der Waals surface area contributed by atoms with E-state index in [1.165, 1.54) is 6.07 Å². The Bertz CT molecular complexity index is 393. The SMILES string of the molecule is CC(C)(C)c1cc(OC(F)F)c(C(=O)O)s1. The van der Waals surface area contributed by atoms with Crippen molar-refractivity contribution in [2.75, 3.05) is 0 Å². The first-order valence-electron chi connectivity index (χ1n) is 4.54. The minimum atomic E-state index is -3.01. The molecule has 0 saturated heterocycles. The number of hydrogen-bond acceptors (Lipinski definition) is 3. The third-order valence-corrected chi connectivity index (χ3v) is 3.38. The molecule has 0 aliphatic carbocycles. The molecule has 0 aliphatic rings. The molecule has 0 amide bonds. The van der Waals surface area contributed by atoms with E-state index in [9.17, 15) is 13.6 Å². The Kier molecular flexibility index (Phi) is 3.52. The molecule has 0 aliphatic heterocycles. The summed E-state index contributed by atoms with van der Waals surface area (Å²) in [7, 11) is 0. The number of rotatable bonds is 3. The molecule has 6 heteroatoms. The molecule has 1 N–H and O–H groups in total. The highest BCUT2D eigenvalue weighted by Gasteiger charge is 2.25. The Balaban J connectivity index is 3.15. The lowest BCUT2D eigenvalue weighted by Gasteiger charge is -2.14. The molecule has 1 rings (SSSR count). The number of alkyl halides is 2. The number of carbonyl (C=O) groups is 1. The molecule has 90 valence electrons. The van der Waals surface area contributed by atoms with Gasteiger partial charge < -0.3 is 9.84 Å². The molecule has 0 aromatic carbocycles. The summed E-state index contributed by atoms with van der Waals surface area (Å²) < 4.78 is 28.3. The van der Waals surface area contributed by atoms with E-state index < -0.39 is 12.6 Å². The first-order chi connectivity index (χ1) is 7.21. The summed E-state index contributed by atoms with van der Waals surface area (Å²) in [6.07, 6.45) is 0. The van der Waals surface area contributed by atoms with Gasteiger partial charge in [-0.25, -0.2) is 4.79 Å². The van der Waals surface area contributed by atoms with Gasteiger partial charge in [-0.1, -0.05) is 20.8 Å². The van der Waals surface area contributed by atoms with Gasteiger partial charge >= 0.3 is 12.6 Å². The van der Waals surface area contributed by atoms with Crippen molar-refractivity contribution >= 4 is 17.3 Å². The van der Waals surface area contributed by atoms with Crippen LogP contribution in [-0.2, 0) is 5.41 Å². The van der Waals surface area contributed by atoms with Crippen molar-refractivity contribution in [1.29, 1.82) is 0 Å². The van der Waals surface area contributed by atoms with E-state index in [2.05, 4.69) is 4.74 Å². The van der Waals surface area contributed by atoms with Gasteiger partial charge in [0.1, 0.15) is 0 Å². The normalized spacial score (nSPS) is 11.9. The second kappa shape index (κ2) is 4.37. The molecule has 0 saturated carbocycles. The monoisotopic (exact) mass is 250 g/mol. The van der Waals surface area contributed by atoms with Crippen molar-refractivity contribution in [2.24, 2.45) is 0 Å². The van der Waals surface area contributed by atoms with E-state index in [4.69, 9.17) is 5.11 Å². The van der Waals surface area contributed by atoms with E-state index in [-0.39, 0.29) is 16.0 Å². The Morgan fingerprint density at radius 2 is 2.06 bits per heavy atom. The summed E-state index contributed by atoms with van der Waals surface area (Å²) in [5.41, 5.74) is -0.293. The van der Waals surface area contributed by atoms with Gasteiger partial charge in [0.2, 0.25) is 0 Å². The molecule has 1 aromatic rings. The summed E-state index contributed by atoms with van der Waals surface area (Å²) in [6.45, 7) is 2.60. The molecule has 0 fully saturated rings. The summed E-state index contributed by atoms with van der Waals surface area (Å²) in [5.74, 6) is -1.52. The minimum Gasteiger partial charge on any atom is -0.477 e. The van der Waals surface area contributed by atoms with Gasteiger partial charge in [-0.05, 0) is 11.5 Å². The highest BCUT2D eigenvalue weighted by Crippen LogP contribution is 2.37. The van der Waals surface area contributed by atoms with E-state index in [0.717, 1.165) is 11.3 Å². The summed E-state index contributed by atoms with van der Waals surface area (Å²) in [5, 5.41) is 8.84. The summed E-state index contributed by atoms with van der Waals surface area (Å²) >= 11 is 0.959. The van der Waals surface area contributed by atoms with Crippen LogP contribution in [0.1, 0.15) is 35.3 Å². The van der Waals surface area contributed by atoms with Crippen molar-refractivity contribution in [3.63, 3.8) is 0 Å². The van der Waals surface area contributed by atoms with Crippen molar-refractivity contribution in [1.82, 2.24) is 0 Å². The molecule has 0 unspecified atom stereocenters. The van der Waals surface area contributed by atoms with Crippen molar-refractivity contribution in [3.05, 3.63) is 15.8 Å². The van der Waals surface area contributed by atoms with Gasteiger partial charge in [0.15, 0.2) is 10.6 Å². The third kappa shape index (κ3) is 2.91. The van der Waals surface area contributed by atoms with E-state index in [1.54, 1.807) is 0 Å². The van der Waals surface area contributed by atoms with Gasteiger partial charge in [0, 0.05) is 4.88 Å². The van der Waals surface area contributed by atoms with Crippen LogP contribution in [0, 0.1) is 0 Å². The molecule has 1 aromatic heterocycles. The van der Waals surface area contributed by atoms with Crippen molar-refractivity contribution in [3.8, 4) is 5.75 Å². The highest BCUT2D eigenvalue weighted by atomic mass is 32.1. The van der Waals surface area contributed by atoms with Crippen LogP contribution in [0.15, 0.2) is 6.07 Å². The molecule has 3 nitrogen and oxygen atoms in total. The van der Waals surface area contributed by atoms with E-state index >= 15 is 0 Å². The number of ether oxygens (including phenoxy) is 1. The fourth-order valence-electron chi connectivity index (χ4n) is 1.08. The predicted octanol–water partition coefficient (Wildman–Crippen LogP) is 3.35. The minimum absolute atomic E-state index is 0.190. The standard InChI is InChI=1S/C10H12F2O3S/c1-10(2,3)6-4-5(15-9(11)12)7(16-6)8(13)14/h4,9H,1-3H3,(H,13,14). The number of aromatic carboxylic acids is 1. The van der Waals surface area contributed by atoms with Crippen LogP contribution in [0.5, 0.6) is 5.75 Å². The number of halogens is 2. The maximum absolute atomic E-state index is 12.1. The number of carboxylic acids is 1. The second-order valence-electron chi connectivity index (χ2n) is 4.24. The zero-order valence-electron chi connectivity index (χ0n) is 9.08. The molecule has 0 spiro atoms. The zero-order valence-corrected chi connectivity index (χ0v) is 9.90. The largest absolute Gasteiger partial charge is 0.477 e. The summed E-state index contributed by atoms with van der Waals surface area (Å²) in [4.78, 5) is 11.3. The highest BCUT2D eigenvalue weighted by molar-refractivity contribution is 7.14. The Morgan fingerprint density at radius 1 is 1.50 bits per heavy atom. The van der Waals surface area contributed by atoms with Crippen molar-refractivity contribution < 1.29 is 23.4 Å². The van der Waals surface area contributed by atoms with Gasteiger partial charge in [-0.2, -0.15) is 8.78 Å². The van der Waals surface area contributed by atoms with Gasteiger partial charge in [0.05, 0.1) is 0 Å². The lowest BCUT2D eigenvalue weighted by atomic mass is 9.95. The Morgan fingerprint density at radius 3 is 2.44 bits per heavy atom. The Hall–Kier alpha value is -1.17. The molecule has 0 radical (unpaired) electrons. The molecule has 0 bridgehead atoms. The molecular formula is C10H12F2O3S. The van der Waals surface area contributed by atoms with Crippen molar-refractivity contribution in [2.45, 2.75) is 32.8 Å². The van der Waals surface area contributed by atoms with Crippen LogP contribution >= 0.6 is 11.3 Å². The lowest BCUT2D eigenvalue weighted by Crippen LogP contribution is -2.08. The third-order valence-electron chi connectivity index (χ3n) is 1.85. The van der Waals surface area contributed by atoms with Gasteiger partial charge in [0.25, 0.3) is 0 Å². The fourth-order valence-corrected chi connectivity index (χ4v) is 2.06. The molecular weight excluding hydrogens is 238 g/mol. The summed E-state index contributed by atoms with van der Waals surface area (Å²) in [6, 6.07) is 1.36. The molecule has 16 heavy (non-hydrogen) atoms. The molecule has 0 atom stereocenters. The quantitative estimate of drug-likeness (QED) is 0.894. The van der Waals surface area contributed by atoms with Crippen LogP contribution in [0.25, 0.3) is 0 Å². The first kappa shape index (κ1) is 12.9. The Labute approximate surface area is 95.7 Å². The van der Waals surface area contributed by atoms with E-state index in [0.29, 0.717) is 4.88 Å². The zero-order chi connectivity index (χ0) is 12.5. The van der Waals surface area contributed by atoms with Gasteiger partial charge in [-0.15, -0.1) is 11.3 Å². The fraction of sp³-hybridized carbons (Fsp3) is 0.500. The van der Waals surface area contributed by atoms with Gasteiger partial charge in [-0.3, -0.25) is 0 Å². The number of thiophene rings is 1. The van der Waals surface area contributed by atoms with Crippen LogP contribution < -0.4 is 4.74 Å².